The number of anilines is 1. The summed E-state index contributed by atoms with van der Waals surface area (Å²) in [6.45, 7) is 6.85. The zero-order chi connectivity index (χ0) is 20.3. The Kier molecular flexibility index (Phi) is 6.00. The minimum atomic E-state index is -0.536. The second kappa shape index (κ2) is 8.28. The maximum Gasteiger partial charge on any atom is 0.252 e. The molecule has 3 N–H and O–H groups in total. The van der Waals surface area contributed by atoms with Gasteiger partial charge in [-0.05, 0) is 51.3 Å². The Morgan fingerprint density at radius 3 is 2.89 bits per heavy atom. The molecule has 0 aliphatic carbocycles. The molecule has 0 radical (unpaired) electrons. The van der Waals surface area contributed by atoms with Gasteiger partial charge in [-0.3, -0.25) is 9.59 Å². The van der Waals surface area contributed by atoms with E-state index in [4.69, 9.17) is 15.2 Å². The summed E-state index contributed by atoms with van der Waals surface area (Å²) in [6, 6.07) is 5.21. The highest BCUT2D eigenvalue weighted by Gasteiger charge is 2.33. The van der Waals surface area contributed by atoms with Crippen molar-refractivity contribution in [2.24, 2.45) is 11.7 Å². The van der Waals surface area contributed by atoms with Crippen LogP contribution in [0.2, 0.25) is 0 Å². The highest BCUT2D eigenvalue weighted by Crippen LogP contribution is 2.34. The predicted molar refractivity (Wildman–Crippen MR) is 109 cm³/mol. The number of primary amides is 1. The van der Waals surface area contributed by atoms with Gasteiger partial charge in [-0.15, -0.1) is 0 Å². The predicted octanol–water partition coefficient (Wildman–Crippen LogP) is 3.45. The minimum Gasteiger partial charge on any atom is -0.493 e. The van der Waals surface area contributed by atoms with Gasteiger partial charge in [0.2, 0.25) is 5.91 Å². The average molecular weight is 404 g/mol. The van der Waals surface area contributed by atoms with E-state index in [-0.39, 0.29) is 17.4 Å². The number of amides is 2. The monoisotopic (exact) mass is 403 g/mol. The fourth-order valence-electron chi connectivity index (χ4n) is 3.28. The van der Waals surface area contributed by atoms with Crippen LogP contribution in [0.3, 0.4) is 0 Å². The molecule has 1 aliphatic rings. The summed E-state index contributed by atoms with van der Waals surface area (Å²) >= 11 is 1.37. The molecule has 2 aromatic rings. The van der Waals surface area contributed by atoms with Gasteiger partial charge in [0.1, 0.15) is 5.75 Å². The van der Waals surface area contributed by atoms with Gasteiger partial charge >= 0.3 is 0 Å². The summed E-state index contributed by atoms with van der Waals surface area (Å²) in [5, 5.41) is 3.46. The summed E-state index contributed by atoms with van der Waals surface area (Å²) in [6.07, 6.45) is 3.09. The number of thiazole rings is 1. The largest absolute Gasteiger partial charge is 0.493 e. The van der Waals surface area contributed by atoms with Crippen LogP contribution in [0.4, 0.5) is 5.13 Å². The van der Waals surface area contributed by atoms with E-state index in [2.05, 4.69) is 10.3 Å². The Morgan fingerprint density at radius 1 is 1.43 bits per heavy atom. The summed E-state index contributed by atoms with van der Waals surface area (Å²) in [7, 11) is 0. The fraction of sp³-hybridized carbons (Fsp3) is 0.450. The van der Waals surface area contributed by atoms with E-state index in [1.807, 2.05) is 20.8 Å². The van der Waals surface area contributed by atoms with Gasteiger partial charge in [0, 0.05) is 18.7 Å². The van der Waals surface area contributed by atoms with E-state index in [1.54, 1.807) is 24.4 Å². The molecule has 8 heteroatoms. The van der Waals surface area contributed by atoms with Crippen molar-refractivity contribution in [3.63, 3.8) is 0 Å². The van der Waals surface area contributed by atoms with E-state index in [0.717, 1.165) is 10.4 Å². The topological polar surface area (TPSA) is 104 Å². The van der Waals surface area contributed by atoms with Crippen molar-refractivity contribution >= 4 is 28.3 Å². The Labute approximate surface area is 168 Å². The van der Waals surface area contributed by atoms with Crippen LogP contribution in [0.1, 0.15) is 44.0 Å². The van der Waals surface area contributed by atoms with Crippen LogP contribution >= 0.6 is 11.3 Å². The van der Waals surface area contributed by atoms with Crippen molar-refractivity contribution in [2.75, 3.05) is 18.5 Å². The number of carbonyl (C=O) groups excluding carboxylic acids is 2. The van der Waals surface area contributed by atoms with Crippen LogP contribution in [0, 0.1) is 5.92 Å². The third-order valence-electron chi connectivity index (χ3n) is 4.64. The SMILES string of the molecule is CCOc1cc(-c2cnc(NC(=O)C3CCOC(C)(C)C3)s2)ccc1C(N)=O. The number of carbonyl (C=O) groups is 2. The number of aromatic nitrogens is 1. The van der Waals surface area contributed by atoms with Gasteiger partial charge in [-0.25, -0.2) is 4.98 Å². The number of nitrogens with two attached hydrogens (primary N) is 1. The Bertz CT molecular complexity index is 878. The van der Waals surface area contributed by atoms with Crippen LogP contribution in [-0.4, -0.2) is 35.6 Å². The molecule has 1 aromatic heterocycles. The maximum absolute atomic E-state index is 12.6. The molecule has 0 spiro atoms. The standard InChI is InChI=1S/C20H25N3O4S/c1-4-26-15-9-12(5-6-14(15)17(21)24)16-11-22-19(28-16)23-18(25)13-7-8-27-20(2,3)10-13/h5-6,9,11,13H,4,7-8,10H2,1-3H3,(H2,21,24)(H,22,23,25). The third kappa shape index (κ3) is 4.69. The zero-order valence-electron chi connectivity index (χ0n) is 16.3. The second-order valence-corrected chi connectivity index (χ2v) is 8.36. The molecule has 3 rings (SSSR count). The summed E-state index contributed by atoms with van der Waals surface area (Å²) in [4.78, 5) is 29.3. The third-order valence-corrected chi connectivity index (χ3v) is 5.60. The molecule has 150 valence electrons. The lowest BCUT2D eigenvalue weighted by molar-refractivity contribution is -0.130. The van der Waals surface area contributed by atoms with E-state index < -0.39 is 5.91 Å². The molecule has 1 fully saturated rings. The first kappa shape index (κ1) is 20.3. The molecule has 1 unspecified atom stereocenters. The molecular formula is C20H25N3O4S. The number of rotatable bonds is 6. The van der Waals surface area contributed by atoms with Crippen LogP contribution in [0.25, 0.3) is 10.4 Å². The molecule has 28 heavy (non-hydrogen) atoms. The van der Waals surface area contributed by atoms with Gasteiger partial charge < -0.3 is 20.5 Å². The first-order chi connectivity index (χ1) is 13.3. The second-order valence-electron chi connectivity index (χ2n) is 7.32. The van der Waals surface area contributed by atoms with E-state index in [1.165, 1.54) is 11.3 Å². The molecule has 1 saturated heterocycles. The lowest BCUT2D eigenvalue weighted by atomic mass is 9.88. The number of nitrogens with zero attached hydrogens (tertiary/aromatic N) is 1. The van der Waals surface area contributed by atoms with Crippen molar-refractivity contribution in [2.45, 2.75) is 39.2 Å². The molecule has 0 bridgehead atoms. The summed E-state index contributed by atoms with van der Waals surface area (Å²) in [5.74, 6) is -0.213. The Morgan fingerprint density at radius 2 is 2.21 bits per heavy atom. The quantitative estimate of drug-likeness (QED) is 0.769. The van der Waals surface area contributed by atoms with Crippen molar-refractivity contribution < 1.29 is 19.1 Å². The molecule has 7 nitrogen and oxygen atoms in total. The highest BCUT2D eigenvalue weighted by molar-refractivity contribution is 7.19. The van der Waals surface area contributed by atoms with Crippen molar-refractivity contribution in [3.05, 3.63) is 30.0 Å². The number of benzene rings is 1. The smallest absolute Gasteiger partial charge is 0.252 e. The van der Waals surface area contributed by atoms with Crippen LogP contribution in [-0.2, 0) is 9.53 Å². The number of hydrogen-bond acceptors (Lipinski definition) is 6. The van der Waals surface area contributed by atoms with Gasteiger partial charge in [0.05, 0.1) is 22.6 Å². The Hall–Kier alpha value is -2.45. The van der Waals surface area contributed by atoms with Gasteiger partial charge in [-0.1, -0.05) is 17.4 Å². The van der Waals surface area contributed by atoms with Crippen LogP contribution in [0.5, 0.6) is 5.75 Å². The molecule has 1 atom stereocenters. The minimum absolute atomic E-state index is 0.0312. The van der Waals surface area contributed by atoms with Gasteiger partial charge in [0.25, 0.3) is 5.91 Å². The van der Waals surface area contributed by atoms with Crippen molar-refractivity contribution in [1.29, 1.82) is 0 Å². The molecule has 0 saturated carbocycles. The van der Waals surface area contributed by atoms with E-state index in [0.29, 0.717) is 42.5 Å². The number of hydrogen-bond donors (Lipinski definition) is 2. The lowest BCUT2D eigenvalue weighted by Crippen LogP contribution is -2.39. The average Bonchev–Trinajstić information content (AvgIpc) is 3.09. The first-order valence-corrected chi connectivity index (χ1v) is 10.1. The van der Waals surface area contributed by atoms with Crippen molar-refractivity contribution in [1.82, 2.24) is 4.98 Å². The maximum atomic E-state index is 12.6. The lowest BCUT2D eigenvalue weighted by Gasteiger charge is -2.34. The normalized spacial score (nSPS) is 18.5. The van der Waals surface area contributed by atoms with E-state index in [9.17, 15) is 9.59 Å². The zero-order valence-corrected chi connectivity index (χ0v) is 17.1. The molecule has 2 amide bonds. The number of nitrogens with one attached hydrogen (secondary N) is 1. The molecule has 1 aromatic carbocycles. The molecular weight excluding hydrogens is 378 g/mol. The van der Waals surface area contributed by atoms with Gasteiger partial charge in [-0.2, -0.15) is 0 Å². The van der Waals surface area contributed by atoms with Gasteiger partial charge in [0.15, 0.2) is 5.13 Å². The van der Waals surface area contributed by atoms with Crippen LogP contribution in [0.15, 0.2) is 24.4 Å². The molecule has 2 heterocycles. The molecule has 1 aliphatic heterocycles. The van der Waals surface area contributed by atoms with Crippen LogP contribution < -0.4 is 15.8 Å². The number of ether oxygens (including phenoxy) is 2. The highest BCUT2D eigenvalue weighted by atomic mass is 32.1. The van der Waals surface area contributed by atoms with E-state index >= 15 is 0 Å². The summed E-state index contributed by atoms with van der Waals surface area (Å²) in [5.41, 5.74) is 6.30. The first-order valence-electron chi connectivity index (χ1n) is 9.27. The fourth-order valence-corrected chi connectivity index (χ4v) is 4.10. The summed E-state index contributed by atoms with van der Waals surface area (Å²) < 4.78 is 11.2. The Balaban J connectivity index is 1.74. The van der Waals surface area contributed by atoms with Crippen molar-refractivity contribution in [3.8, 4) is 16.2 Å².